The average Bonchev–Trinajstić information content (AvgIpc) is 2.17. The van der Waals surface area contributed by atoms with Crippen molar-refractivity contribution in [2.45, 2.75) is 19.4 Å². The first-order valence-electron chi connectivity index (χ1n) is 4.82. The van der Waals surface area contributed by atoms with Gasteiger partial charge < -0.3 is 10.1 Å². The molecule has 1 unspecified atom stereocenters. The SMILES string of the molecule is COc1cc2c(cc1Br)CCNC2C. The Labute approximate surface area is 92.8 Å². The molecule has 1 aliphatic heterocycles. The number of benzene rings is 1. The molecule has 0 saturated carbocycles. The Bertz CT molecular complexity index is 351. The van der Waals surface area contributed by atoms with Gasteiger partial charge in [0.15, 0.2) is 0 Å². The molecule has 2 rings (SSSR count). The summed E-state index contributed by atoms with van der Waals surface area (Å²) in [5.41, 5.74) is 2.78. The van der Waals surface area contributed by atoms with Crippen LogP contribution in [0.2, 0.25) is 0 Å². The molecule has 0 amide bonds. The third kappa shape index (κ3) is 1.66. The van der Waals surface area contributed by atoms with Gasteiger partial charge in [-0.1, -0.05) is 0 Å². The zero-order valence-corrected chi connectivity index (χ0v) is 10.0. The second-order valence-electron chi connectivity index (χ2n) is 3.61. The molecule has 3 heteroatoms. The molecule has 1 atom stereocenters. The molecule has 0 aromatic heterocycles. The van der Waals surface area contributed by atoms with E-state index in [4.69, 9.17) is 4.74 Å². The molecule has 1 aliphatic rings. The van der Waals surface area contributed by atoms with Crippen LogP contribution in [0.15, 0.2) is 16.6 Å². The van der Waals surface area contributed by atoms with Crippen molar-refractivity contribution in [2.75, 3.05) is 13.7 Å². The van der Waals surface area contributed by atoms with Crippen molar-refractivity contribution in [1.82, 2.24) is 5.32 Å². The summed E-state index contributed by atoms with van der Waals surface area (Å²) in [5, 5.41) is 3.44. The smallest absolute Gasteiger partial charge is 0.133 e. The van der Waals surface area contributed by atoms with E-state index in [0.29, 0.717) is 6.04 Å². The Hall–Kier alpha value is -0.540. The highest BCUT2D eigenvalue weighted by Crippen LogP contribution is 2.33. The zero-order valence-electron chi connectivity index (χ0n) is 8.43. The number of methoxy groups -OCH3 is 1. The molecule has 14 heavy (non-hydrogen) atoms. The zero-order chi connectivity index (χ0) is 10.1. The van der Waals surface area contributed by atoms with Crippen LogP contribution in [0.25, 0.3) is 0 Å². The van der Waals surface area contributed by atoms with Gasteiger partial charge in [0, 0.05) is 6.04 Å². The van der Waals surface area contributed by atoms with Gasteiger partial charge in [-0.3, -0.25) is 0 Å². The molecular weight excluding hydrogens is 242 g/mol. The van der Waals surface area contributed by atoms with E-state index in [-0.39, 0.29) is 0 Å². The summed E-state index contributed by atoms with van der Waals surface area (Å²) < 4.78 is 6.33. The molecule has 1 aromatic rings. The van der Waals surface area contributed by atoms with E-state index in [1.807, 2.05) is 0 Å². The predicted octanol–water partition coefficient (Wildman–Crippen LogP) is 2.66. The molecule has 2 nitrogen and oxygen atoms in total. The van der Waals surface area contributed by atoms with Gasteiger partial charge in [-0.2, -0.15) is 0 Å². The fraction of sp³-hybridized carbons (Fsp3) is 0.455. The maximum absolute atomic E-state index is 5.28. The largest absolute Gasteiger partial charge is 0.496 e. The highest BCUT2D eigenvalue weighted by atomic mass is 79.9. The second kappa shape index (κ2) is 3.91. The van der Waals surface area contributed by atoms with E-state index in [1.165, 1.54) is 11.1 Å². The summed E-state index contributed by atoms with van der Waals surface area (Å²) in [6, 6.07) is 4.72. The van der Waals surface area contributed by atoms with Gasteiger partial charge >= 0.3 is 0 Å². The van der Waals surface area contributed by atoms with Gasteiger partial charge in [0.25, 0.3) is 0 Å². The van der Waals surface area contributed by atoms with Crippen LogP contribution in [0.1, 0.15) is 24.1 Å². The predicted molar refractivity (Wildman–Crippen MR) is 60.8 cm³/mol. The molecule has 0 fully saturated rings. The fourth-order valence-corrected chi connectivity index (χ4v) is 2.47. The Morgan fingerprint density at radius 2 is 2.29 bits per heavy atom. The van der Waals surface area contributed by atoms with Gasteiger partial charge in [-0.05, 0) is 59.1 Å². The van der Waals surface area contributed by atoms with Crippen LogP contribution in [-0.2, 0) is 6.42 Å². The van der Waals surface area contributed by atoms with Crippen molar-refractivity contribution in [3.05, 3.63) is 27.7 Å². The van der Waals surface area contributed by atoms with Crippen molar-refractivity contribution < 1.29 is 4.74 Å². The lowest BCUT2D eigenvalue weighted by atomic mass is 9.95. The Morgan fingerprint density at radius 1 is 1.50 bits per heavy atom. The molecule has 0 radical (unpaired) electrons. The molecule has 76 valence electrons. The maximum Gasteiger partial charge on any atom is 0.133 e. The van der Waals surface area contributed by atoms with E-state index >= 15 is 0 Å². The van der Waals surface area contributed by atoms with Gasteiger partial charge in [0.1, 0.15) is 5.75 Å². The Kier molecular flexibility index (Phi) is 2.79. The lowest BCUT2D eigenvalue weighted by Crippen LogP contribution is -2.27. The van der Waals surface area contributed by atoms with Crippen molar-refractivity contribution in [1.29, 1.82) is 0 Å². The summed E-state index contributed by atoms with van der Waals surface area (Å²) >= 11 is 3.51. The number of halogens is 1. The van der Waals surface area contributed by atoms with Gasteiger partial charge in [0.05, 0.1) is 11.6 Å². The molecule has 0 bridgehead atoms. The third-order valence-electron chi connectivity index (χ3n) is 2.73. The molecule has 1 aromatic carbocycles. The Balaban J connectivity index is 2.49. The number of fused-ring (bicyclic) bond motifs is 1. The summed E-state index contributed by atoms with van der Waals surface area (Å²) in [7, 11) is 1.70. The quantitative estimate of drug-likeness (QED) is 0.834. The van der Waals surface area contributed by atoms with Crippen LogP contribution in [-0.4, -0.2) is 13.7 Å². The summed E-state index contributed by atoms with van der Waals surface area (Å²) in [6.07, 6.45) is 1.10. The van der Waals surface area contributed by atoms with E-state index < -0.39 is 0 Å². The minimum absolute atomic E-state index is 0.431. The molecule has 0 aliphatic carbocycles. The summed E-state index contributed by atoms with van der Waals surface area (Å²) in [5.74, 6) is 0.916. The van der Waals surface area contributed by atoms with E-state index in [0.717, 1.165) is 23.2 Å². The first-order valence-corrected chi connectivity index (χ1v) is 5.61. The molecule has 0 spiro atoms. The first kappa shape index (κ1) is 9.99. The minimum atomic E-state index is 0.431. The van der Waals surface area contributed by atoms with Gasteiger partial charge in [0.2, 0.25) is 0 Å². The van der Waals surface area contributed by atoms with Crippen molar-refractivity contribution in [3.8, 4) is 5.75 Å². The Morgan fingerprint density at radius 3 is 3.00 bits per heavy atom. The molecule has 1 N–H and O–H groups in total. The van der Waals surface area contributed by atoms with Crippen LogP contribution < -0.4 is 10.1 Å². The number of hydrogen-bond acceptors (Lipinski definition) is 2. The summed E-state index contributed by atoms with van der Waals surface area (Å²) in [6.45, 7) is 3.25. The van der Waals surface area contributed by atoms with Crippen molar-refractivity contribution in [3.63, 3.8) is 0 Å². The number of nitrogens with one attached hydrogen (secondary N) is 1. The van der Waals surface area contributed by atoms with Crippen LogP contribution >= 0.6 is 15.9 Å². The molecule has 1 heterocycles. The number of ether oxygens (including phenoxy) is 1. The normalized spacial score (nSPS) is 20.4. The van der Waals surface area contributed by atoms with Crippen LogP contribution in [0, 0.1) is 0 Å². The fourth-order valence-electron chi connectivity index (χ4n) is 1.92. The van der Waals surface area contributed by atoms with E-state index in [9.17, 15) is 0 Å². The van der Waals surface area contributed by atoms with Crippen molar-refractivity contribution >= 4 is 15.9 Å². The topological polar surface area (TPSA) is 21.3 Å². The first-order chi connectivity index (χ1) is 6.72. The van der Waals surface area contributed by atoms with Crippen LogP contribution in [0.5, 0.6) is 5.75 Å². The molecule has 0 saturated heterocycles. The minimum Gasteiger partial charge on any atom is -0.496 e. The second-order valence-corrected chi connectivity index (χ2v) is 4.47. The van der Waals surface area contributed by atoms with Crippen molar-refractivity contribution in [2.24, 2.45) is 0 Å². The average molecular weight is 256 g/mol. The van der Waals surface area contributed by atoms with Gasteiger partial charge in [-0.15, -0.1) is 0 Å². The lowest BCUT2D eigenvalue weighted by Gasteiger charge is -2.24. The lowest BCUT2D eigenvalue weighted by molar-refractivity contribution is 0.409. The van der Waals surface area contributed by atoms with Crippen LogP contribution in [0.3, 0.4) is 0 Å². The maximum atomic E-state index is 5.28. The monoisotopic (exact) mass is 255 g/mol. The standard InChI is InChI=1S/C11H14BrNO/c1-7-9-6-11(14-2)10(12)5-8(9)3-4-13-7/h5-7,13H,3-4H2,1-2H3. The molecular formula is C11H14BrNO. The van der Waals surface area contributed by atoms with E-state index in [2.05, 4.69) is 40.3 Å². The number of hydrogen-bond donors (Lipinski definition) is 1. The highest BCUT2D eigenvalue weighted by molar-refractivity contribution is 9.10. The van der Waals surface area contributed by atoms with E-state index in [1.54, 1.807) is 7.11 Å². The van der Waals surface area contributed by atoms with Crippen LogP contribution in [0.4, 0.5) is 0 Å². The number of rotatable bonds is 1. The van der Waals surface area contributed by atoms with Gasteiger partial charge in [-0.25, -0.2) is 0 Å². The summed E-state index contributed by atoms with van der Waals surface area (Å²) in [4.78, 5) is 0. The highest BCUT2D eigenvalue weighted by Gasteiger charge is 2.17. The third-order valence-corrected chi connectivity index (χ3v) is 3.34.